The average molecular weight is 733 g/mol. The van der Waals surface area contributed by atoms with E-state index in [0.717, 1.165) is 55.6 Å². The highest BCUT2D eigenvalue weighted by molar-refractivity contribution is 7.25. The fourth-order valence-corrected chi connectivity index (χ4v) is 9.97. The van der Waals surface area contributed by atoms with Crippen LogP contribution in [-0.2, 0) is 0 Å². The number of benzene rings is 9. The topological polar surface area (TPSA) is 21.3 Å². The van der Waals surface area contributed by atoms with Gasteiger partial charge in [-0.3, -0.25) is 0 Å². The molecule has 0 spiro atoms. The highest BCUT2D eigenvalue weighted by atomic mass is 32.1. The third-order valence-electron chi connectivity index (χ3n) is 11.4. The number of hydrogen-bond donors (Lipinski definition) is 0. The van der Waals surface area contributed by atoms with Crippen LogP contribution in [0.3, 0.4) is 0 Å². The standard InChI is InChI=1S/C52H32N2OS/c1-2-14-38-33(12-1)24-30-42-51-47(21-11-22-48(51)55-52(38)42)54(36-28-26-35(27-29-36)53-45-19-8-4-15-39(45)40-16-5-9-20-46(40)53)44-18-7-3-13-37(44)34-25-31-50-43(32-34)41-17-6-10-23-49(41)56-50/h1-32H. The zero-order chi connectivity index (χ0) is 36.7. The van der Waals surface area contributed by atoms with Crippen LogP contribution in [0.1, 0.15) is 0 Å². The van der Waals surface area contributed by atoms with Gasteiger partial charge in [0.1, 0.15) is 11.2 Å². The van der Waals surface area contributed by atoms with E-state index in [-0.39, 0.29) is 0 Å². The summed E-state index contributed by atoms with van der Waals surface area (Å²) in [5.74, 6) is 0. The lowest BCUT2D eigenvalue weighted by atomic mass is 9.99. The van der Waals surface area contributed by atoms with Crippen LogP contribution >= 0.6 is 11.3 Å². The summed E-state index contributed by atoms with van der Waals surface area (Å²) < 4.78 is 11.7. The predicted octanol–water partition coefficient (Wildman–Crippen LogP) is 15.3. The van der Waals surface area contributed by atoms with Crippen LogP contribution in [0.4, 0.5) is 17.1 Å². The monoisotopic (exact) mass is 732 g/mol. The molecule has 56 heavy (non-hydrogen) atoms. The van der Waals surface area contributed by atoms with Crippen molar-refractivity contribution in [2.75, 3.05) is 4.90 Å². The molecule has 0 aliphatic rings. The zero-order valence-corrected chi connectivity index (χ0v) is 31.0. The van der Waals surface area contributed by atoms with Gasteiger partial charge in [0.15, 0.2) is 0 Å². The van der Waals surface area contributed by atoms with Crippen molar-refractivity contribution < 1.29 is 4.42 Å². The minimum absolute atomic E-state index is 0.865. The third kappa shape index (κ3) is 4.63. The van der Waals surface area contributed by atoms with Gasteiger partial charge in [0.05, 0.1) is 27.8 Å². The summed E-state index contributed by atoms with van der Waals surface area (Å²) in [6.07, 6.45) is 0. The summed E-state index contributed by atoms with van der Waals surface area (Å²) in [4.78, 5) is 2.42. The normalized spacial score (nSPS) is 11.9. The lowest BCUT2D eigenvalue weighted by Crippen LogP contribution is -2.11. The summed E-state index contributed by atoms with van der Waals surface area (Å²) in [5, 5.41) is 9.57. The first-order valence-corrected chi connectivity index (χ1v) is 19.8. The Balaban J connectivity index is 1.10. The Labute approximate surface area is 326 Å². The van der Waals surface area contributed by atoms with Crippen LogP contribution in [0.5, 0.6) is 0 Å². The maximum absolute atomic E-state index is 6.74. The van der Waals surface area contributed by atoms with E-state index < -0.39 is 0 Å². The first kappa shape index (κ1) is 31.2. The smallest absolute Gasteiger partial charge is 0.143 e. The molecule has 0 fully saturated rings. The molecule has 0 aliphatic heterocycles. The van der Waals surface area contributed by atoms with Gasteiger partial charge in [-0.2, -0.15) is 0 Å². The number of fused-ring (bicyclic) bond motifs is 11. The number of para-hydroxylation sites is 3. The van der Waals surface area contributed by atoms with Gasteiger partial charge in [0.25, 0.3) is 0 Å². The Bertz CT molecular complexity index is 3440. The van der Waals surface area contributed by atoms with Gasteiger partial charge >= 0.3 is 0 Å². The molecule has 0 atom stereocenters. The minimum atomic E-state index is 0.865. The Morgan fingerprint density at radius 1 is 0.446 bits per heavy atom. The van der Waals surface area contributed by atoms with Crippen LogP contribution < -0.4 is 4.90 Å². The predicted molar refractivity (Wildman–Crippen MR) is 239 cm³/mol. The number of hydrogen-bond acceptors (Lipinski definition) is 3. The van der Waals surface area contributed by atoms with Crippen molar-refractivity contribution in [3.05, 3.63) is 194 Å². The summed E-state index contributed by atoms with van der Waals surface area (Å²) in [5.41, 5.74) is 10.8. The molecule has 0 saturated heterocycles. The number of aromatic nitrogens is 1. The lowest BCUT2D eigenvalue weighted by molar-refractivity contribution is 0.672. The van der Waals surface area contributed by atoms with Crippen LogP contribution in [-0.4, -0.2) is 4.57 Å². The second-order valence-corrected chi connectivity index (χ2v) is 15.5. The van der Waals surface area contributed by atoms with Crippen LogP contribution in [0.15, 0.2) is 199 Å². The molecule has 0 amide bonds. The first-order valence-electron chi connectivity index (χ1n) is 19.0. The number of anilines is 3. The van der Waals surface area contributed by atoms with E-state index in [2.05, 4.69) is 204 Å². The summed E-state index contributed by atoms with van der Waals surface area (Å²) in [6.45, 7) is 0. The quantitative estimate of drug-likeness (QED) is 0.176. The largest absolute Gasteiger partial charge is 0.455 e. The van der Waals surface area contributed by atoms with Crippen molar-refractivity contribution in [3.63, 3.8) is 0 Å². The fourth-order valence-electron chi connectivity index (χ4n) is 8.89. The molecule has 9 aromatic carbocycles. The highest BCUT2D eigenvalue weighted by Crippen LogP contribution is 2.48. The van der Waals surface area contributed by atoms with E-state index in [0.29, 0.717) is 0 Å². The van der Waals surface area contributed by atoms with Crippen LogP contribution in [0, 0.1) is 0 Å². The fraction of sp³-hybridized carbons (Fsp3) is 0. The van der Waals surface area contributed by atoms with Gasteiger partial charge in [-0.1, -0.05) is 115 Å². The molecular formula is C52H32N2OS. The van der Waals surface area contributed by atoms with E-state index in [9.17, 15) is 0 Å². The molecule has 3 aromatic heterocycles. The van der Waals surface area contributed by atoms with E-state index in [4.69, 9.17) is 4.42 Å². The van der Waals surface area contributed by atoms with Gasteiger partial charge < -0.3 is 13.9 Å². The SMILES string of the molecule is c1ccc(N(c2ccc(-n3c4ccccc4c4ccccc43)cc2)c2cccc3oc4c5ccccc5ccc4c23)c(-c2ccc3sc4ccccc4c3c2)c1. The van der Waals surface area contributed by atoms with Crippen LogP contribution in [0.2, 0.25) is 0 Å². The van der Waals surface area contributed by atoms with Crippen LogP contribution in [0.25, 0.3) is 91.5 Å². The molecule has 3 heterocycles. The molecule has 3 nitrogen and oxygen atoms in total. The van der Waals surface area contributed by atoms with Gasteiger partial charge in [-0.25, -0.2) is 0 Å². The maximum Gasteiger partial charge on any atom is 0.143 e. The molecular weight excluding hydrogens is 701 g/mol. The number of thiophene rings is 1. The van der Waals surface area contributed by atoms with E-state index in [1.54, 1.807) is 0 Å². The third-order valence-corrected chi connectivity index (χ3v) is 12.5. The Hall–Kier alpha value is -7.14. The first-order chi connectivity index (χ1) is 27.8. The van der Waals surface area contributed by atoms with Crippen molar-refractivity contribution in [2.24, 2.45) is 0 Å². The summed E-state index contributed by atoms with van der Waals surface area (Å²) in [6, 6.07) is 70.2. The van der Waals surface area contributed by atoms with Crippen molar-refractivity contribution in [1.82, 2.24) is 4.57 Å². The van der Waals surface area contributed by atoms with Gasteiger partial charge in [-0.05, 0) is 89.8 Å². The molecule has 0 aliphatic carbocycles. The van der Waals surface area contributed by atoms with Gasteiger partial charge in [0.2, 0.25) is 0 Å². The van der Waals surface area contributed by atoms with Crippen molar-refractivity contribution >= 4 is 103 Å². The minimum Gasteiger partial charge on any atom is -0.455 e. The molecule has 4 heteroatoms. The molecule has 0 bridgehead atoms. The Morgan fingerprint density at radius 2 is 1.11 bits per heavy atom. The van der Waals surface area contributed by atoms with E-state index >= 15 is 0 Å². The van der Waals surface area contributed by atoms with Crippen molar-refractivity contribution in [2.45, 2.75) is 0 Å². The van der Waals surface area contributed by atoms with Crippen molar-refractivity contribution in [1.29, 1.82) is 0 Å². The molecule has 0 saturated carbocycles. The average Bonchev–Trinajstić information content (AvgIpc) is 3.94. The lowest BCUT2D eigenvalue weighted by Gasteiger charge is -2.29. The molecule has 0 radical (unpaired) electrons. The molecule has 12 aromatic rings. The number of nitrogens with zero attached hydrogens (tertiary/aromatic N) is 2. The second kappa shape index (κ2) is 12.2. The molecule has 0 unspecified atom stereocenters. The zero-order valence-electron chi connectivity index (χ0n) is 30.2. The number of rotatable bonds is 5. The Morgan fingerprint density at radius 3 is 1.93 bits per heavy atom. The molecule has 0 N–H and O–H groups in total. The van der Waals surface area contributed by atoms with Gasteiger partial charge in [-0.15, -0.1) is 11.3 Å². The second-order valence-electron chi connectivity index (χ2n) is 14.5. The number of furan rings is 1. The molecule has 262 valence electrons. The van der Waals surface area contributed by atoms with E-state index in [1.165, 1.54) is 52.9 Å². The van der Waals surface area contributed by atoms with Crippen molar-refractivity contribution in [3.8, 4) is 16.8 Å². The summed E-state index contributed by atoms with van der Waals surface area (Å²) >= 11 is 1.85. The Kier molecular flexibility index (Phi) is 6.80. The van der Waals surface area contributed by atoms with Gasteiger partial charge in [0, 0.05) is 58.7 Å². The molecule has 12 rings (SSSR count). The van der Waals surface area contributed by atoms with E-state index in [1.807, 2.05) is 11.3 Å². The maximum atomic E-state index is 6.74. The summed E-state index contributed by atoms with van der Waals surface area (Å²) in [7, 11) is 0. The highest BCUT2D eigenvalue weighted by Gasteiger charge is 2.23.